The SMILES string of the molecule is Cc1nc(-c2cn(C)c3ncc(Cl)cc23)ncc1F. The van der Waals surface area contributed by atoms with Crippen molar-refractivity contribution >= 4 is 22.6 Å². The summed E-state index contributed by atoms with van der Waals surface area (Å²) < 4.78 is 15.1. The predicted molar refractivity (Wildman–Crippen MR) is 71.4 cm³/mol. The predicted octanol–water partition coefficient (Wildman–Crippen LogP) is 3.13. The van der Waals surface area contributed by atoms with E-state index in [4.69, 9.17) is 11.6 Å². The van der Waals surface area contributed by atoms with Gasteiger partial charge in [-0.05, 0) is 13.0 Å². The minimum absolute atomic E-state index is 0.317. The molecular formula is C13H10ClFN4. The van der Waals surface area contributed by atoms with Crippen molar-refractivity contribution in [3.63, 3.8) is 0 Å². The summed E-state index contributed by atoms with van der Waals surface area (Å²) >= 11 is 5.97. The number of halogens is 2. The quantitative estimate of drug-likeness (QED) is 0.686. The van der Waals surface area contributed by atoms with Crippen molar-refractivity contribution in [3.8, 4) is 11.4 Å². The molecule has 0 amide bonds. The number of nitrogens with zero attached hydrogens (tertiary/aromatic N) is 4. The van der Waals surface area contributed by atoms with Crippen LogP contribution in [0.1, 0.15) is 5.69 Å². The van der Waals surface area contributed by atoms with Crippen LogP contribution in [0.5, 0.6) is 0 Å². The molecule has 0 aromatic carbocycles. The normalized spacial score (nSPS) is 11.2. The van der Waals surface area contributed by atoms with Crippen LogP contribution < -0.4 is 0 Å². The van der Waals surface area contributed by atoms with Crippen LogP contribution in [0.4, 0.5) is 4.39 Å². The Bertz CT molecular complexity index is 782. The zero-order valence-corrected chi connectivity index (χ0v) is 11.1. The van der Waals surface area contributed by atoms with Gasteiger partial charge in [0.15, 0.2) is 11.6 Å². The van der Waals surface area contributed by atoms with E-state index in [0.717, 1.165) is 16.6 Å². The molecule has 4 nitrogen and oxygen atoms in total. The van der Waals surface area contributed by atoms with Gasteiger partial charge < -0.3 is 4.57 Å². The van der Waals surface area contributed by atoms with Crippen molar-refractivity contribution in [3.05, 3.63) is 41.2 Å². The third-order valence-corrected chi connectivity index (χ3v) is 3.15. The molecule has 0 fully saturated rings. The van der Waals surface area contributed by atoms with Crippen LogP contribution in [0.3, 0.4) is 0 Å². The highest BCUT2D eigenvalue weighted by Crippen LogP contribution is 2.28. The number of hydrogen-bond acceptors (Lipinski definition) is 3. The fraction of sp³-hybridized carbons (Fsp3) is 0.154. The number of rotatable bonds is 1. The van der Waals surface area contributed by atoms with Gasteiger partial charge in [0.2, 0.25) is 0 Å². The highest BCUT2D eigenvalue weighted by molar-refractivity contribution is 6.31. The lowest BCUT2D eigenvalue weighted by molar-refractivity contribution is 0.602. The number of hydrogen-bond donors (Lipinski definition) is 0. The standard InChI is InChI=1S/C13H10ClFN4/c1-7-11(15)5-16-12(18-7)10-6-19(2)13-9(10)3-8(14)4-17-13/h3-6H,1-2H3. The van der Waals surface area contributed by atoms with Crippen molar-refractivity contribution in [2.45, 2.75) is 6.92 Å². The van der Waals surface area contributed by atoms with Gasteiger partial charge in [0.1, 0.15) is 5.65 Å². The molecule has 0 saturated heterocycles. The Morgan fingerprint density at radius 3 is 2.79 bits per heavy atom. The molecule has 0 unspecified atom stereocenters. The van der Waals surface area contributed by atoms with E-state index in [9.17, 15) is 4.39 Å². The Morgan fingerprint density at radius 1 is 1.26 bits per heavy atom. The zero-order valence-electron chi connectivity index (χ0n) is 10.4. The summed E-state index contributed by atoms with van der Waals surface area (Å²) in [6, 6.07) is 1.81. The van der Waals surface area contributed by atoms with Crippen molar-refractivity contribution in [2.24, 2.45) is 7.05 Å². The largest absolute Gasteiger partial charge is 0.335 e. The Balaban J connectivity index is 2.29. The van der Waals surface area contributed by atoms with E-state index in [-0.39, 0.29) is 0 Å². The van der Waals surface area contributed by atoms with E-state index in [0.29, 0.717) is 16.5 Å². The van der Waals surface area contributed by atoms with Gasteiger partial charge in [0, 0.05) is 30.4 Å². The summed E-state index contributed by atoms with van der Waals surface area (Å²) in [5, 5.41) is 1.39. The maximum atomic E-state index is 13.2. The molecule has 6 heteroatoms. The van der Waals surface area contributed by atoms with Gasteiger partial charge in [0.25, 0.3) is 0 Å². The molecule has 3 aromatic rings. The van der Waals surface area contributed by atoms with Crippen LogP contribution in [0, 0.1) is 12.7 Å². The number of fused-ring (bicyclic) bond motifs is 1. The highest BCUT2D eigenvalue weighted by atomic mass is 35.5. The fourth-order valence-corrected chi connectivity index (χ4v) is 2.15. The smallest absolute Gasteiger partial charge is 0.162 e. The molecule has 0 spiro atoms. The van der Waals surface area contributed by atoms with Crippen molar-refractivity contribution < 1.29 is 4.39 Å². The maximum absolute atomic E-state index is 13.2. The fourth-order valence-electron chi connectivity index (χ4n) is 2.00. The van der Waals surface area contributed by atoms with Crippen LogP contribution in [-0.4, -0.2) is 19.5 Å². The van der Waals surface area contributed by atoms with Crippen LogP contribution in [0.2, 0.25) is 5.02 Å². The number of pyridine rings is 1. The topological polar surface area (TPSA) is 43.6 Å². The van der Waals surface area contributed by atoms with Crippen LogP contribution in [0.15, 0.2) is 24.7 Å². The van der Waals surface area contributed by atoms with Gasteiger partial charge in [-0.25, -0.2) is 19.3 Å². The van der Waals surface area contributed by atoms with Gasteiger partial charge >= 0.3 is 0 Å². The molecule has 0 atom stereocenters. The van der Waals surface area contributed by atoms with E-state index >= 15 is 0 Å². The molecule has 0 radical (unpaired) electrons. The summed E-state index contributed by atoms with van der Waals surface area (Å²) in [5.74, 6) is 0.0497. The van der Waals surface area contributed by atoms with Crippen LogP contribution in [0.25, 0.3) is 22.4 Å². The first-order chi connectivity index (χ1) is 9.06. The molecule has 0 saturated carbocycles. The molecule has 0 N–H and O–H groups in total. The third-order valence-electron chi connectivity index (χ3n) is 2.94. The third kappa shape index (κ3) is 1.96. The molecule has 0 aliphatic rings. The summed E-state index contributed by atoms with van der Waals surface area (Å²) in [6.07, 6.45) is 4.62. The lowest BCUT2D eigenvalue weighted by Crippen LogP contribution is -1.94. The molecular weight excluding hydrogens is 267 g/mol. The lowest BCUT2D eigenvalue weighted by Gasteiger charge is -2.00. The second kappa shape index (κ2) is 4.28. The molecule has 0 bridgehead atoms. The van der Waals surface area contributed by atoms with Gasteiger partial charge in [-0.2, -0.15) is 0 Å². The molecule has 3 heterocycles. The summed E-state index contributed by atoms with van der Waals surface area (Å²) in [6.45, 7) is 1.61. The molecule has 19 heavy (non-hydrogen) atoms. The molecule has 3 rings (SSSR count). The molecule has 0 aliphatic carbocycles. The Kier molecular flexibility index (Phi) is 2.71. The zero-order chi connectivity index (χ0) is 13.6. The Morgan fingerprint density at radius 2 is 2.05 bits per heavy atom. The minimum Gasteiger partial charge on any atom is -0.335 e. The second-order valence-corrected chi connectivity index (χ2v) is 4.74. The van der Waals surface area contributed by atoms with Gasteiger partial charge in [-0.15, -0.1) is 0 Å². The summed E-state index contributed by atoms with van der Waals surface area (Å²) in [4.78, 5) is 12.5. The van der Waals surface area contributed by atoms with Crippen molar-refractivity contribution in [1.29, 1.82) is 0 Å². The first-order valence-electron chi connectivity index (χ1n) is 5.66. The molecule has 96 valence electrons. The monoisotopic (exact) mass is 276 g/mol. The summed E-state index contributed by atoms with van der Waals surface area (Å²) in [7, 11) is 1.88. The Labute approximate surface area is 113 Å². The lowest BCUT2D eigenvalue weighted by atomic mass is 10.2. The number of aryl methyl sites for hydroxylation is 2. The first-order valence-corrected chi connectivity index (χ1v) is 6.04. The van der Waals surface area contributed by atoms with Gasteiger partial charge in [0.05, 0.1) is 16.9 Å². The van der Waals surface area contributed by atoms with Crippen LogP contribution >= 0.6 is 11.6 Å². The molecule has 3 aromatic heterocycles. The number of aromatic nitrogens is 4. The Hall–Kier alpha value is -2.01. The van der Waals surface area contributed by atoms with E-state index in [1.54, 1.807) is 19.2 Å². The van der Waals surface area contributed by atoms with Crippen LogP contribution in [-0.2, 0) is 7.05 Å². The van der Waals surface area contributed by atoms with E-state index in [1.165, 1.54) is 6.20 Å². The first kappa shape index (κ1) is 12.0. The average Bonchev–Trinajstić information content (AvgIpc) is 2.70. The minimum atomic E-state index is -0.417. The second-order valence-electron chi connectivity index (χ2n) is 4.31. The van der Waals surface area contributed by atoms with Gasteiger partial charge in [-0.3, -0.25) is 0 Å². The van der Waals surface area contributed by atoms with Gasteiger partial charge in [-0.1, -0.05) is 11.6 Å². The summed E-state index contributed by atoms with van der Waals surface area (Å²) in [5.41, 5.74) is 1.89. The van der Waals surface area contributed by atoms with Crippen molar-refractivity contribution in [2.75, 3.05) is 0 Å². The van der Waals surface area contributed by atoms with E-state index < -0.39 is 5.82 Å². The maximum Gasteiger partial charge on any atom is 0.162 e. The average molecular weight is 277 g/mol. The molecule has 0 aliphatic heterocycles. The van der Waals surface area contributed by atoms with E-state index in [1.807, 2.05) is 17.8 Å². The van der Waals surface area contributed by atoms with Crippen molar-refractivity contribution in [1.82, 2.24) is 19.5 Å². The van der Waals surface area contributed by atoms with E-state index in [2.05, 4.69) is 15.0 Å². The highest BCUT2D eigenvalue weighted by Gasteiger charge is 2.13.